The van der Waals surface area contributed by atoms with Crippen LogP contribution in [0.1, 0.15) is 6.92 Å². The first-order valence-electron chi connectivity index (χ1n) is 4.99. The maximum atomic E-state index is 12.1. The van der Waals surface area contributed by atoms with Crippen LogP contribution in [0.3, 0.4) is 0 Å². The maximum Gasteiger partial charge on any atom is 0.262 e. The highest BCUT2D eigenvalue weighted by Gasteiger charge is 2.08. The van der Waals surface area contributed by atoms with E-state index in [-0.39, 0.29) is 11.6 Å². The van der Waals surface area contributed by atoms with Gasteiger partial charge in [-0.25, -0.2) is 4.98 Å². The SMILES string of the molecule is CC(N)Cn1cnc2cccc(Cl)c2c1=O. The highest BCUT2D eigenvalue weighted by atomic mass is 35.5. The van der Waals surface area contributed by atoms with E-state index in [9.17, 15) is 4.79 Å². The molecule has 1 aromatic carbocycles. The number of fused-ring (bicyclic) bond motifs is 1. The van der Waals surface area contributed by atoms with Crippen LogP contribution in [-0.2, 0) is 6.54 Å². The lowest BCUT2D eigenvalue weighted by Gasteiger charge is -2.09. The van der Waals surface area contributed by atoms with Crippen LogP contribution >= 0.6 is 11.6 Å². The Balaban J connectivity index is 2.69. The molecule has 84 valence electrons. The van der Waals surface area contributed by atoms with Gasteiger partial charge in [0, 0.05) is 12.6 Å². The first kappa shape index (κ1) is 11.1. The predicted octanol–water partition coefficient (Wildman–Crippen LogP) is 1.40. The molecule has 0 saturated carbocycles. The monoisotopic (exact) mass is 237 g/mol. The molecule has 0 aliphatic rings. The van der Waals surface area contributed by atoms with Gasteiger partial charge in [0.2, 0.25) is 0 Å². The standard InChI is InChI=1S/C11H12ClN3O/c1-7(13)5-15-6-14-9-4-2-3-8(12)10(9)11(15)16/h2-4,6-7H,5,13H2,1H3. The van der Waals surface area contributed by atoms with Crippen molar-refractivity contribution in [1.29, 1.82) is 0 Å². The number of hydrogen-bond acceptors (Lipinski definition) is 3. The van der Waals surface area contributed by atoms with E-state index < -0.39 is 0 Å². The minimum Gasteiger partial charge on any atom is -0.326 e. The first-order valence-corrected chi connectivity index (χ1v) is 5.36. The maximum absolute atomic E-state index is 12.1. The molecule has 1 heterocycles. The first-order chi connectivity index (χ1) is 7.59. The van der Waals surface area contributed by atoms with Crippen molar-refractivity contribution < 1.29 is 0 Å². The average Bonchev–Trinajstić information content (AvgIpc) is 2.22. The van der Waals surface area contributed by atoms with Gasteiger partial charge >= 0.3 is 0 Å². The minimum atomic E-state index is -0.145. The van der Waals surface area contributed by atoms with Crippen molar-refractivity contribution in [3.05, 3.63) is 39.9 Å². The van der Waals surface area contributed by atoms with Gasteiger partial charge in [-0.15, -0.1) is 0 Å². The van der Waals surface area contributed by atoms with Gasteiger partial charge in [0.1, 0.15) is 0 Å². The highest BCUT2D eigenvalue weighted by molar-refractivity contribution is 6.35. The Labute approximate surface area is 97.7 Å². The fourth-order valence-corrected chi connectivity index (χ4v) is 1.85. The topological polar surface area (TPSA) is 60.9 Å². The number of nitrogens with zero attached hydrogens (tertiary/aromatic N) is 2. The normalized spacial score (nSPS) is 12.9. The Bertz CT molecular complexity index is 577. The van der Waals surface area contributed by atoms with Crippen molar-refractivity contribution in [2.24, 2.45) is 5.73 Å². The molecule has 0 fully saturated rings. The highest BCUT2D eigenvalue weighted by Crippen LogP contribution is 2.17. The predicted molar refractivity (Wildman–Crippen MR) is 64.7 cm³/mol. The zero-order valence-corrected chi connectivity index (χ0v) is 9.61. The van der Waals surface area contributed by atoms with Crippen molar-refractivity contribution >= 4 is 22.5 Å². The molecule has 16 heavy (non-hydrogen) atoms. The molecule has 0 amide bonds. The quantitative estimate of drug-likeness (QED) is 0.859. The van der Waals surface area contributed by atoms with E-state index in [0.717, 1.165) is 0 Å². The van der Waals surface area contributed by atoms with Crippen molar-refractivity contribution in [2.45, 2.75) is 19.5 Å². The number of halogens is 1. The van der Waals surface area contributed by atoms with Crippen LogP contribution < -0.4 is 11.3 Å². The third kappa shape index (κ3) is 1.94. The lowest BCUT2D eigenvalue weighted by atomic mass is 10.2. The minimum absolute atomic E-state index is 0.0977. The zero-order valence-electron chi connectivity index (χ0n) is 8.85. The molecule has 1 unspecified atom stereocenters. The van der Waals surface area contributed by atoms with Crippen LogP contribution in [0, 0.1) is 0 Å². The van der Waals surface area contributed by atoms with Crippen molar-refractivity contribution in [3.8, 4) is 0 Å². The Morgan fingerprint density at radius 1 is 1.56 bits per heavy atom. The third-order valence-electron chi connectivity index (χ3n) is 2.29. The van der Waals surface area contributed by atoms with E-state index in [0.29, 0.717) is 22.5 Å². The molecule has 0 aliphatic carbocycles. The Morgan fingerprint density at radius 3 is 3.00 bits per heavy atom. The van der Waals surface area contributed by atoms with E-state index >= 15 is 0 Å². The summed E-state index contributed by atoms with van der Waals surface area (Å²) in [4.78, 5) is 16.2. The summed E-state index contributed by atoms with van der Waals surface area (Å²) in [6.45, 7) is 2.27. The molecule has 5 heteroatoms. The second-order valence-corrected chi connectivity index (χ2v) is 4.22. The van der Waals surface area contributed by atoms with Crippen LogP contribution in [0.5, 0.6) is 0 Å². The molecule has 0 aliphatic heterocycles. The number of nitrogens with two attached hydrogens (primary N) is 1. The van der Waals surface area contributed by atoms with Gasteiger partial charge in [-0.1, -0.05) is 17.7 Å². The van der Waals surface area contributed by atoms with Gasteiger partial charge in [0.25, 0.3) is 5.56 Å². The molecule has 2 aromatic rings. The summed E-state index contributed by atoms with van der Waals surface area (Å²) in [7, 11) is 0. The summed E-state index contributed by atoms with van der Waals surface area (Å²) in [5.41, 5.74) is 6.12. The molecule has 1 atom stereocenters. The molecule has 4 nitrogen and oxygen atoms in total. The van der Waals surface area contributed by atoms with Gasteiger partial charge in [-0.2, -0.15) is 0 Å². The van der Waals surface area contributed by atoms with Crippen LogP contribution in [0.15, 0.2) is 29.3 Å². The molecular weight excluding hydrogens is 226 g/mol. The van der Waals surface area contributed by atoms with Gasteiger partial charge in [0.15, 0.2) is 0 Å². The smallest absolute Gasteiger partial charge is 0.262 e. The molecule has 0 bridgehead atoms. The number of rotatable bonds is 2. The molecule has 1 aromatic heterocycles. The van der Waals surface area contributed by atoms with Crippen LogP contribution in [0.4, 0.5) is 0 Å². The Kier molecular flexibility index (Phi) is 2.94. The van der Waals surface area contributed by atoms with E-state index in [1.54, 1.807) is 18.2 Å². The van der Waals surface area contributed by atoms with Crippen LogP contribution in [-0.4, -0.2) is 15.6 Å². The second kappa shape index (κ2) is 4.23. The van der Waals surface area contributed by atoms with Gasteiger partial charge in [0.05, 0.1) is 22.3 Å². The molecule has 2 N–H and O–H groups in total. The third-order valence-corrected chi connectivity index (χ3v) is 2.60. The molecule has 2 rings (SSSR count). The fraction of sp³-hybridized carbons (Fsp3) is 0.273. The number of hydrogen-bond donors (Lipinski definition) is 1. The Morgan fingerprint density at radius 2 is 2.31 bits per heavy atom. The lowest BCUT2D eigenvalue weighted by Crippen LogP contribution is -2.30. The van der Waals surface area contributed by atoms with E-state index in [1.165, 1.54) is 10.9 Å². The summed E-state index contributed by atoms with van der Waals surface area (Å²) in [6.07, 6.45) is 1.50. The van der Waals surface area contributed by atoms with Crippen molar-refractivity contribution in [2.75, 3.05) is 0 Å². The molecule has 0 saturated heterocycles. The molecular formula is C11H12ClN3O. The summed E-state index contributed by atoms with van der Waals surface area (Å²) >= 11 is 5.99. The second-order valence-electron chi connectivity index (χ2n) is 3.81. The number of benzene rings is 1. The fourth-order valence-electron chi connectivity index (χ4n) is 1.60. The van der Waals surface area contributed by atoms with Crippen LogP contribution in [0.25, 0.3) is 10.9 Å². The summed E-state index contributed by atoms with van der Waals surface area (Å²) in [6, 6.07) is 5.12. The lowest BCUT2D eigenvalue weighted by molar-refractivity contribution is 0.570. The van der Waals surface area contributed by atoms with E-state index in [4.69, 9.17) is 17.3 Å². The van der Waals surface area contributed by atoms with Gasteiger partial charge in [-0.3, -0.25) is 9.36 Å². The van der Waals surface area contributed by atoms with Crippen molar-refractivity contribution in [1.82, 2.24) is 9.55 Å². The van der Waals surface area contributed by atoms with E-state index in [1.807, 2.05) is 6.92 Å². The van der Waals surface area contributed by atoms with Crippen molar-refractivity contribution in [3.63, 3.8) is 0 Å². The Hall–Kier alpha value is -1.39. The number of aromatic nitrogens is 2. The average molecular weight is 238 g/mol. The zero-order chi connectivity index (χ0) is 11.7. The van der Waals surface area contributed by atoms with Gasteiger partial charge in [-0.05, 0) is 19.1 Å². The van der Waals surface area contributed by atoms with Crippen LogP contribution in [0.2, 0.25) is 5.02 Å². The van der Waals surface area contributed by atoms with Gasteiger partial charge < -0.3 is 5.73 Å². The molecule has 0 spiro atoms. The summed E-state index contributed by atoms with van der Waals surface area (Å²) in [5, 5.41) is 0.876. The molecule has 0 radical (unpaired) electrons. The largest absolute Gasteiger partial charge is 0.326 e. The summed E-state index contributed by atoms with van der Waals surface area (Å²) in [5.74, 6) is 0. The summed E-state index contributed by atoms with van der Waals surface area (Å²) < 4.78 is 1.48. The van der Waals surface area contributed by atoms with E-state index in [2.05, 4.69) is 4.98 Å².